The Morgan fingerprint density at radius 2 is 1.55 bits per heavy atom. The lowest BCUT2D eigenvalue weighted by atomic mass is 10.1. The summed E-state index contributed by atoms with van der Waals surface area (Å²) < 4.78 is 0. The molecule has 4 heteroatoms. The summed E-state index contributed by atoms with van der Waals surface area (Å²) in [6.07, 6.45) is 0. The van der Waals surface area contributed by atoms with Crippen LogP contribution in [0.15, 0.2) is 78.9 Å². The highest BCUT2D eigenvalue weighted by atomic mass is 16.1. The first-order valence-corrected chi connectivity index (χ1v) is 10.3. The minimum Gasteiger partial charge on any atom is -0.360 e. The fraction of sp³-hybridized carbons (Fsp3) is 0.240. The number of hydrogen-bond donors (Lipinski definition) is 2. The molecular formula is C25H28N3O+. The number of quaternary nitrogens is 1. The fourth-order valence-electron chi connectivity index (χ4n) is 3.92. The molecule has 29 heavy (non-hydrogen) atoms. The molecule has 2 N–H and O–H groups in total. The van der Waals surface area contributed by atoms with Crippen molar-refractivity contribution < 1.29 is 9.69 Å². The summed E-state index contributed by atoms with van der Waals surface area (Å²) in [5, 5.41) is 3.00. The van der Waals surface area contributed by atoms with Crippen LogP contribution in [0.3, 0.4) is 0 Å². The van der Waals surface area contributed by atoms with Gasteiger partial charge in [0.15, 0.2) is 0 Å². The van der Waals surface area contributed by atoms with Crippen LogP contribution in [0.4, 0.5) is 11.4 Å². The third-order valence-corrected chi connectivity index (χ3v) is 5.65. The molecule has 3 aromatic rings. The van der Waals surface area contributed by atoms with Gasteiger partial charge in [0.2, 0.25) is 0 Å². The molecule has 0 atom stereocenters. The van der Waals surface area contributed by atoms with Gasteiger partial charge in [-0.05, 0) is 42.8 Å². The first-order valence-electron chi connectivity index (χ1n) is 10.3. The number of amides is 1. The average Bonchev–Trinajstić information content (AvgIpc) is 2.76. The van der Waals surface area contributed by atoms with Crippen LogP contribution in [0.2, 0.25) is 0 Å². The van der Waals surface area contributed by atoms with Gasteiger partial charge in [-0.2, -0.15) is 0 Å². The zero-order valence-corrected chi connectivity index (χ0v) is 16.9. The van der Waals surface area contributed by atoms with Crippen molar-refractivity contribution in [3.8, 4) is 0 Å². The van der Waals surface area contributed by atoms with Gasteiger partial charge in [0, 0.05) is 22.5 Å². The maximum atomic E-state index is 12.5. The molecule has 0 aromatic heterocycles. The molecule has 0 radical (unpaired) electrons. The van der Waals surface area contributed by atoms with Gasteiger partial charge in [0.1, 0.15) is 6.54 Å². The van der Waals surface area contributed by atoms with Crippen molar-refractivity contribution in [2.24, 2.45) is 0 Å². The summed E-state index contributed by atoms with van der Waals surface area (Å²) in [7, 11) is 0. The predicted molar refractivity (Wildman–Crippen MR) is 119 cm³/mol. The van der Waals surface area contributed by atoms with Crippen molar-refractivity contribution >= 4 is 17.3 Å². The fourth-order valence-corrected chi connectivity index (χ4v) is 3.92. The second-order valence-electron chi connectivity index (χ2n) is 7.72. The van der Waals surface area contributed by atoms with Crippen LogP contribution >= 0.6 is 0 Å². The van der Waals surface area contributed by atoms with Gasteiger partial charge < -0.3 is 15.1 Å². The number of nitrogens with zero attached hydrogens (tertiary/aromatic N) is 1. The molecule has 1 heterocycles. The first-order chi connectivity index (χ1) is 14.2. The zero-order chi connectivity index (χ0) is 20.1. The number of aryl methyl sites for hydroxylation is 1. The molecule has 4 nitrogen and oxygen atoms in total. The van der Waals surface area contributed by atoms with Crippen molar-refractivity contribution in [3.63, 3.8) is 0 Å². The molecule has 4 rings (SSSR count). The summed E-state index contributed by atoms with van der Waals surface area (Å²) in [5.41, 5.74) is 5.16. The second-order valence-corrected chi connectivity index (χ2v) is 7.72. The SMILES string of the molecule is Cc1ccccc1C(=O)Nc1ccc(N2CC[NH+](Cc3ccccc3)CC2)cc1. The van der Waals surface area contributed by atoms with Crippen LogP contribution in [0.1, 0.15) is 21.5 Å². The van der Waals surface area contributed by atoms with Gasteiger partial charge >= 0.3 is 0 Å². The van der Waals surface area contributed by atoms with E-state index >= 15 is 0 Å². The number of hydrogen-bond acceptors (Lipinski definition) is 2. The molecule has 3 aromatic carbocycles. The van der Waals surface area contributed by atoms with Gasteiger partial charge in [0.25, 0.3) is 5.91 Å². The molecule has 1 saturated heterocycles. The van der Waals surface area contributed by atoms with Crippen LogP contribution in [0.5, 0.6) is 0 Å². The molecular weight excluding hydrogens is 358 g/mol. The highest BCUT2D eigenvalue weighted by Crippen LogP contribution is 2.19. The molecule has 0 bridgehead atoms. The quantitative estimate of drug-likeness (QED) is 0.707. The van der Waals surface area contributed by atoms with Crippen LogP contribution in [0, 0.1) is 6.92 Å². The topological polar surface area (TPSA) is 36.8 Å². The summed E-state index contributed by atoms with van der Waals surface area (Å²) in [4.78, 5) is 16.5. The third kappa shape index (κ3) is 4.84. The minimum absolute atomic E-state index is 0.0611. The Hall–Kier alpha value is -3.11. The Kier molecular flexibility index (Phi) is 5.92. The predicted octanol–water partition coefficient (Wildman–Crippen LogP) is 3.15. The van der Waals surface area contributed by atoms with Crippen LogP contribution in [0.25, 0.3) is 0 Å². The highest BCUT2D eigenvalue weighted by molar-refractivity contribution is 6.05. The zero-order valence-electron chi connectivity index (χ0n) is 16.9. The number of carbonyl (C=O) groups excluding carboxylic acids is 1. The van der Waals surface area contributed by atoms with E-state index in [4.69, 9.17) is 0 Å². The van der Waals surface area contributed by atoms with E-state index in [-0.39, 0.29) is 5.91 Å². The Morgan fingerprint density at radius 1 is 0.897 bits per heavy atom. The summed E-state index contributed by atoms with van der Waals surface area (Å²) in [5.74, 6) is -0.0611. The monoisotopic (exact) mass is 386 g/mol. The molecule has 148 valence electrons. The van der Waals surface area contributed by atoms with Gasteiger partial charge in [-0.3, -0.25) is 4.79 Å². The molecule has 1 aliphatic rings. The van der Waals surface area contributed by atoms with Crippen molar-refractivity contribution in [1.29, 1.82) is 0 Å². The summed E-state index contributed by atoms with van der Waals surface area (Å²) >= 11 is 0. The highest BCUT2D eigenvalue weighted by Gasteiger charge is 2.20. The Morgan fingerprint density at radius 3 is 2.24 bits per heavy atom. The smallest absolute Gasteiger partial charge is 0.255 e. The van der Waals surface area contributed by atoms with E-state index in [0.29, 0.717) is 5.56 Å². The molecule has 1 amide bonds. The van der Waals surface area contributed by atoms with Crippen LogP contribution < -0.4 is 15.1 Å². The molecule has 0 spiro atoms. The normalized spacial score (nSPS) is 14.6. The van der Waals surface area contributed by atoms with Gasteiger partial charge in [-0.15, -0.1) is 0 Å². The standard InChI is InChI=1S/C25H27N3O/c1-20-7-5-6-10-24(20)25(29)26-22-11-13-23(14-12-22)28-17-15-27(16-18-28)19-21-8-3-2-4-9-21/h2-14H,15-19H2,1H3,(H,26,29)/p+1. The lowest BCUT2D eigenvalue weighted by Gasteiger charge is -2.33. The molecule has 1 fully saturated rings. The van der Waals surface area contributed by atoms with Crippen molar-refractivity contribution in [2.45, 2.75) is 13.5 Å². The molecule has 0 saturated carbocycles. The van der Waals surface area contributed by atoms with Crippen molar-refractivity contribution in [3.05, 3.63) is 95.6 Å². The maximum absolute atomic E-state index is 12.5. The number of benzene rings is 3. The number of anilines is 2. The van der Waals surface area contributed by atoms with Gasteiger partial charge in [-0.25, -0.2) is 0 Å². The van der Waals surface area contributed by atoms with Gasteiger partial charge in [-0.1, -0.05) is 48.5 Å². The lowest BCUT2D eigenvalue weighted by molar-refractivity contribution is -0.914. The van der Waals surface area contributed by atoms with E-state index in [2.05, 4.69) is 52.7 Å². The molecule has 1 aliphatic heterocycles. The van der Waals surface area contributed by atoms with Crippen molar-refractivity contribution in [2.75, 3.05) is 36.4 Å². The summed E-state index contributed by atoms with van der Waals surface area (Å²) in [6.45, 7) is 7.44. The average molecular weight is 387 g/mol. The van der Waals surface area contributed by atoms with Crippen molar-refractivity contribution in [1.82, 2.24) is 0 Å². The van der Waals surface area contributed by atoms with E-state index < -0.39 is 0 Å². The number of piperazine rings is 1. The first kappa shape index (κ1) is 19.2. The Labute approximate surface area is 172 Å². The van der Waals surface area contributed by atoms with E-state index in [1.54, 1.807) is 4.90 Å². The maximum Gasteiger partial charge on any atom is 0.255 e. The van der Waals surface area contributed by atoms with E-state index in [0.717, 1.165) is 44.0 Å². The lowest BCUT2D eigenvalue weighted by Crippen LogP contribution is -3.13. The number of carbonyl (C=O) groups is 1. The molecule has 0 aliphatic carbocycles. The molecule has 0 unspecified atom stereocenters. The number of rotatable bonds is 5. The van der Waals surface area contributed by atoms with E-state index in [1.165, 1.54) is 11.3 Å². The van der Waals surface area contributed by atoms with E-state index in [1.807, 2.05) is 43.3 Å². The minimum atomic E-state index is -0.0611. The third-order valence-electron chi connectivity index (χ3n) is 5.65. The van der Waals surface area contributed by atoms with Crippen LogP contribution in [-0.4, -0.2) is 32.1 Å². The van der Waals surface area contributed by atoms with Crippen LogP contribution in [-0.2, 0) is 6.54 Å². The van der Waals surface area contributed by atoms with E-state index in [9.17, 15) is 4.79 Å². The Bertz CT molecular complexity index is 945. The Balaban J connectivity index is 1.32. The summed E-state index contributed by atoms with van der Waals surface area (Å²) in [6, 6.07) is 26.6. The largest absolute Gasteiger partial charge is 0.360 e. The van der Waals surface area contributed by atoms with Gasteiger partial charge in [0.05, 0.1) is 26.2 Å². The number of nitrogens with one attached hydrogen (secondary N) is 2. The second kappa shape index (κ2) is 8.93.